The maximum Gasteiger partial charge on any atom is 0.255 e. The molecule has 0 spiro atoms. The summed E-state index contributed by atoms with van der Waals surface area (Å²) in [5.41, 5.74) is 4.02. The maximum absolute atomic E-state index is 13.2. The number of hydrogen-bond donors (Lipinski definition) is 0. The van der Waals surface area contributed by atoms with Gasteiger partial charge >= 0.3 is 0 Å². The number of aromatic nitrogens is 3. The molecule has 0 aliphatic carbocycles. The summed E-state index contributed by atoms with van der Waals surface area (Å²) in [6.07, 6.45) is 1.80. The number of hydrogen-bond acceptors (Lipinski definition) is 6. The molecule has 1 saturated heterocycles. The van der Waals surface area contributed by atoms with Crippen LogP contribution in [0.3, 0.4) is 0 Å². The summed E-state index contributed by atoms with van der Waals surface area (Å²) in [5, 5.41) is 6.22. The number of nitrogens with zero attached hydrogens (tertiary/aromatic N) is 5. The van der Waals surface area contributed by atoms with Gasteiger partial charge in [0.15, 0.2) is 5.13 Å². The van der Waals surface area contributed by atoms with E-state index in [1.807, 2.05) is 30.2 Å². The van der Waals surface area contributed by atoms with E-state index in [1.165, 1.54) is 5.01 Å². The number of rotatable bonds is 4. The first-order chi connectivity index (χ1) is 14.2. The van der Waals surface area contributed by atoms with Crippen LogP contribution in [0.15, 0.2) is 23.0 Å². The minimum absolute atomic E-state index is 0.0963. The molecule has 3 aromatic heterocycles. The second-order valence-electron chi connectivity index (χ2n) is 8.90. The van der Waals surface area contributed by atoms with Gasteiger partial charge in [-0.1, -0.05) is 20.8 Å². The van der Waals surface area contributed by atoms with Crippen molar-refractivity contribution in [1.82, 2.24) is 24.3 Å². The Kier molecular flexibility index (Phi) is 5.83. The van der Waals surface area contributed by atoms with E-state index in [-0.39, 0.29) is 11.3 Å². The number of carbonyl (C=O) groups is 1. The molecule has 4 heterocycles. The molecule has 4 rings (SSSR count). The molecule has 3 aromatic rings. The molecule has 0 N–H and O–H groups in total. The van der Waals surface area contributed by atoms with Crippen LogP contribution in [0.5, 0.6) is 0 Å². The molecule has 30 heavy (non-hydrogen) atoms. The summed E-state index contributed by atoms with van der Waals surface area (Å²) in [4.78, 5) is 26.8. The summed E-state index contributed by atoms with van der Waals surface area (Å²) in [6, 6.07) is 1.99. The molecule has 0 atom stereocenters. The minimum Gasteiger partial charge on any atom is -0.336 e. The Hall–Kier alpha value is -2.03. The van der Waals surface area contributed by atoms with Gasteiger partial charge < -0.3 is 4.90 Å². The maximum atomic E-state index is 13.2. The zero-order valence-corrected chi connectivity index (χ0v) is 19.9. The topological polar surface area (TPSA) is 54.3 Å². The summed E-state index contributed by atoms with van der Waals surface area (Å²) in [5.74, 6) is 0.120. The number of aryl methyl sites for hydroxylation is 1. The Labute approximate surface area is 186 Å². The quantitative estimate of drug-likeness (QED) is 0.605. The normalized spacial score (nSPS) is 15.7. The van der Waals surface area contributed by atoms with Crippen molar-refractivity contribution < 1.29 is 4.79 Å². The molecule has 1 aliphatic heterocycles. The first-order valence-corrected chi connectivity index (χ1v) is 12.1. The van der Waals surface area contributed by atoms with Gasteiger partial charge in [-0.15, -0.1) is 22.7 Å². The molecule has 8 heteroatoms. The van der Waals surface area contributed by atoms with Crippen LogP contribution < -0.4 is 0 Å². The second kappa shape index (κ2) is 8.24. The van der Waals surface area contributed by atoms with Crippen molar-refractivity contribution in [3.63, 3.8) is 0 Å². The van der Waals surface area contributed by atoms with Crippen LogP contribution in [0.1, 0.15) is 53.2 Å². The van der Waals surface area contributed by atoms with Crippen molar-refractivity contribution in [2.24, 2.45) is 0 Å². The highest BCUT2D eigenvalue weighted by atomic mass is 32.1. The Bertz CT molecular complexity index is 1020. The van der Waals surface area contributed by atoms with Crippen LogP contribution in [-0.2, 0) is 12.0 Å². The zero-order chi connectivity index (χ0) is 21.5. The molecular formula is C22H29N5OS2. The Balaban J connectivity index is 1.39. The molecule has 1 fully saturated rings. The molecule has 1 aliphatic rings. The standard InChI is InChI=1S/C22H29N5OS2/c1-15-12-18(16(2)27(15)21-23-6-11-29-21)19(28)26-9-7-25(8-10-26)13-17-14-30-20(24-17)22(3,4)5/h6,11-12,14H,7-10,13H2,1-5H3. The van der Waals surface area contributed by atoms with Gasteiger partial charge in [-0.3, -0.25) is 14.3 Å². The lowest BCUT2D eigenvalue weighted by atomic mass is 9.98. The van der Waals surface area contributed by atoms with E-state index in [0.717, 1.165) is 60.5 Å². The van der Waals surface area contributed by atoms with Crippen LogP contribution in [0.25, 0.3) is 5.13 Å². The van der Waals surface area contributed by atoms with Gasteiger partial charge in [-0.25, -0.2) is 9.97 Å². The van der Waals surface area contributed by atoms with Gasteiger partial charge in [0.1, 0.15) is 0 Å². The third kappa shape index (κ3) is 4.22. The monoisotopic (exact) mass is 443 g/mol. The predicted molar refractivity (Wildman–Crippen MR) is 123 cm³/mol. The third-order valence-electron chi connectivity index (χ3n) is 5.51. The average Bonchev–Trinajstić information content (AvgIpc) is 3.42. The van der Waals surface area contributed by atoms with E-state index in [2.05, 4.69) is 40.6 Å². The predicted octanol–water partition coefficient (Wildman–Crippen LogP) is 4.26. The highest BCUT2D eigenvalue weighted by Gasteiger charge is 2.26. The lowest BCUT2D eigenvalue weighted by Gasteiger charge is -2.34. The molecule has 0 aromatic carbocycles. The molecule has 0 saturated carbocycles. The van der Waals surface area contributed by atoms with E-state index in [4.69, 9.17) is 4.98 Å². The fraction of sp³-hybridized carbons (Fsp3) is 0.500. The highest BCUT2D eigenvalue weighted by Crippen LogP contribution is 2.27. The summed E-state index contributed by atoms with van der Waals surface area (Å²) in [6.45, 7) is 14.7. The van der Waals surface area contributed by atoms with Gasteiger partial charge in [0.05, 0.1) is 16.3 Å². The SMILES string of the molecule is Cc1cc(C(=O)N2CCN(Cc3csc(C(C)(C)C)n3)CC2)c(C)n1-c1nccs1. The van der Waals surface area contributed by atoms with E-state index in [0.29, 0.717) is 0 Å². The van der Waals surface area contributed by atoms with Gasteiger partial charge in [0, 0.05) is 66.5 Å². The lowest BCUT2D eigenvalue weighted by molar-refractivity contribution is 0.0626. The number of amides is 1. The Morgan fingerprint density at radius 1 is 1.13 bits per heavy atom. The fourth-order valence-electron chi connectivity index (χ4n) is 3.83. The van der Waals surface area contributed by atoms with Gasteiger partial charge in [0.2, 0.25) is 0 Å². The summed E-state index contributed by atoms with van der Waals surface area (Å²) in [7, 11) is 0. The van der Waals surface area contributed by atoms with E-state index >= 15 is 0 Å². The lowest BCUT2D eigenvalue weighted by Crippen LogP contribution is -2.48. The van der Waals surface area contributed by atoms with Crippen LogP contribution in [0, 0.1) is 13.8 Å². The summed E-state index contributed by atoms with van der Waals surface area (Å²) >= 11 is 3.33. The number of thiazole rings is 2. The Morgan fingerprint density at radius 3 is 2.47 bits per heavy atom. The summed E-state index contributed by atoms with van der Waals surface area (Å²) < 4.78 is 2.07. The third-order valence-corrected chi connectivity index (χ3v) is 7.58. The Morgan fingerprint density at radius 2 is 1.87 bits per heavy atom. The average molecular weight is 444 g/mol. The number of piperazine rings is 1. The number of carbonyl (C=O) groups excluding carboxylic acids is 1. The van der Waals surface area contributed by atoms with Crippen molar-refractivity contribution in [3.05, 3.63) is 50.7 Å². The van der Waals surface area contributed by atoms with Crippen LogP contribution >= 0.6 is 22.7 Å². The van der Waals surface area contributed by atoms with Gasteiger partial charge in [0.25, 0.3) is 5.91 Å². The fourth-order valence-corrected chi connectivity index (χ4v) is 5.48. The highest BCUT2D eigenvalue weighted by molar-refractivity contribution is 7.12. The van der Waals surface area contributed by atoms with Crippen LogP contribution in [0.4, 0.5) is 0 Å². The largest absolute Gasteiger partial charge is 0.336 e. The minimum atomic E-state index is 0.0963. The molecule has 0 radical (unpaired) electrons. The molecular weight excluding hydrogens is 414 g/mol. The zero-order valence-electron chi connectivity index (χ0n) is 18.3. The van der Waals surface area contributed by atoms with E-state index < -0.39 is 0 Å². The molecule has 160 valence electrons. The van der Waals surface area contributed by atoms with E-state index in [1.54, 1.807) is 28.9 Å². The van der Waals surface area contributed by atoms with Crippen molar-refractivity contribution >= 4 is 28.6 Å². The van der Waals surface area contributed by atoms with E-state index in [9.17, 15) is 4.79 Å². The van der Waals surface area contributed by atoms with Crippen LogP contribution in [0.2, 0.25) is 0 Å². The smallest absolute Gasteiger partial charge is 0.255 e. The van der Waals surface area contributed by atoms with Gasteiger partial charge in [-0.05, 0) is 19.9 Å². The van der Waals surface area contributed by atoms with Crippen molar-refractivity contribution in [1.29, 1.82) is 0 Å². The molecule has 0 bridgehead atoms. The molecule has 6 nitrogen and oxygen atoms in total. The van der Waals surface area contributed by atoms with Crippen molar-refractivity contribution in [3.8, 4) is 5.13 Å². The van der Waals surface area contributed by atoms with Gasteiger partial charge in [-0.2, -0.15) is 0 Å². The first kappa shape index (κ1) is 21.2. The van der Waals surface area contributed by atoms with Crippen LogP contribution in [-0.4, -0.2) is 56.4 Å². The second-order valence-corrected chi connectivity index (χ2v) is 10.6. The first-order valence-electron chi connectivity index (χ1n) is 10.3. The van der Waals surface area contributed by atoms with Crippen molar-refractivity contribution in [2.75, 3.05) is 26.2 Å². The van der Waals surface area contributed by atoms with Crippen molar-refractivity contribution in [2.45, 2.75) is 46.6 Å². The molecule has 0 unspecified atom stereocenters. The molecule has 1 amide bonds.